The SMILES string of the molecule is CCCOC1C(=O)OC(C)(C)C1c1ccc(S(C)(=O)=O)cc1. The van der Waals surface area contributed by atoms with Crippen LogP contribution in [0, 0.1) is 0 Å². The molecule has 122 valence electrons. The molecular formula is C16H22O5S. The molecule has 6 heteroatoms. The minimum absolute atomic E-state index is 0.255. The number of carbonyl (C=O) groups is 1. The summed E-state index contributed by atoms with van der Waals surface area (Å²) in [4.78, 5) is 12.3. The topological polar surface area (TPSA) is 69.7 Å². The van der Waals surface area contributed by atoms with Gasteiger partial charge in [0.1, 0.15) is 5.60 Å². The summed E-state index contributed by atoms with van der Waals surface area (Å²) in [6.07, 6.45) is 1.32. The number of rotatable bonds is 5. The lowest BCUT2D eigenvalue weighted by Crippen LogP contribution is -2.32. The molecule has 1 aliphatic heterocycles. The van der Waals surface area contributed by atoms with Gasteiger partial charge < -0.3 is 9.47 Å². The van der Waals surface area contributed by atoms with Crippen molar-refractivity contribution in [3.8, 4) is 0 Å². The smallest absolute Gasteiger partial charge is 0.336 e. The summed E-state index contributed by atoms with van der Waals surface area (Å²) in [5.41, 5.74) is 0.145. The molecule has 1 aromatic carbocycles. The van der Waals surface area contributed by atoms with E-state index >= 15 is 0 Å². The Labute approximate surface area is 131 Å². The van der Waals surface area contributed by atoms with Gasteiger partial charge >= 0.3 is 5.97 Å². The zero-order valence-electron chi connectivity index (χ0n) is 13.3. The second-order valence-electron chi connectivity index (χ2n) is 6.13. The van der Waals surface area contributed by atoms with Gasteiger partial charge in [0.25, 0.3) is 0 Å². The van der Waals surface area contributed by atoms with Crippen molar-refractivity contribution in [1.82, 2.24) is 0 Å². The van der Waals surface area contributed by atoms with Crippen molar-refractivity contribution in [1.29, 1.82) is 0 Å². The molecule has 0 aromatic heterocycles. The monoisotopic (exact) mass is 326 g/mol. The molecule has 1 fully saturated rings. The van der Waals surface area contributed by atoms with Crippen molar-refractivity contribution in [2.45, 2.75) is 49.7 Å². The Kier molecular flexibility index (Phi) is 4.63. The van der Waals surface area contributed by atoms with Gasteiger partial charge in [-0.25, -0.2) is 13.2 Å². The predicted molar refractivity (Wildman–Crippen MR) is 82.5 cm³/mol. The molecule has 22 heavy (non-hydrogen) atoms. The fourth-order valence-corrected chi connectivity index (χ4v) is 3.42. The summed E-state index contributed by atoms with van der Waals surface area (Å²) >= 11 is 0. The van der Waals surface area contributed by atoms with Crippen molar-refractivity contribution in [2.75, 3.05) is 12.9 Å². The number of esters is 1. The van der Waals surface area contributed by atoms with E-state index in [1.807, 2.05) is 20.8 Å². The highest BCUT2D eigenvalue weighted by Crippen LogP contribution is 2.42. The Hall–Kier alpha value is -1.40. The Balaban J connectivity index is 2.36. The van der Waals surface area contributed by atoms with Gasteiger partial charge in [-0.1, -0.05) is 19.1 Å². The lowest BCUT2D eigenvalue weighted by atomic mass is 9.83. The summed E-state index contributed by atoms with van der Waals surface area (Å²) in [6, 6.07) is 6.57. The van der Waals surface area contributed by atoms with Crippen LogP contribution in [-0.2, 0) is 24.1 Å². The number of carbonyl (C=O) groups excluding carboxylic acids is 1. The normalized spacial score (nSPS) is 24.3. The van der Waals surface area contributed by atoms with Crippen LogP contribution < -0.4 is 0 Å². The van der Waals surface area contributed by atoms with Gasteiger partial charge in [-0.15, -0.1) is 0 Å². The van der Waals surface area contributed by atoms with Gasteiger partial charge in [-0.05, 0) is 38.0 Å². The Morgan fingerprint density at radius 3 is 2.32 bits per heavy atom. The van der Waals surface area contributed by atoms with E-state index in [1.54, 1.807) is 24.3 Å². The van der Waals surface area contributed by atoms with Gasteiger partial charge in [-0.3, -0.25) is 0 Å². The van der Waals surface area contributed by atoms with Gasteiger partial charge in [0.05, 0.1) is 10.8 Å². The van der Waals surface area contributed by atoms with Crippen molar-refractivity contribution in [3.05, 3.63) is 29.8 Å². The van der Waals surface area contributed by atoms with Gasteiger partial charge in [-0.2, -0.15) is 0 Å². The van der Waals surface area contributed by atoms with Crippen LogP contribution in [0.4, 0.5) is 0 Å². The highest BCUT2D eigenvalue weighted by Gasteiger charge is 2.51. The molecule has 0 bridgehead atoms. The highest BCUT2D eigenvalue weighted by molar-refractivity contribution is 7.90. The molecule has 0 aliphatic carbocycles. The van der Waals surface area contributed by atoms with Crippen LogP contribution in [0.3, 0.4) is 0 Å². The Morgan fingerprint density at radius 2 is 1.82 bits per heavy atom. The Bertz CT molecular complexity index is 646. The molecule has 2 rings (SSSR count). The van der Waals surface area contributed by atoms with Crippen molar-refractivity contribution in [2.24, 2.45) is 0 Å². The third-order valence-corrected chi connectivity index (χ3v) is 4.95. The third-order valence-electron chi connectivity index (χ3n) is 3.82. The molecule has 0 amide bonds. The minimum Gasteiger partial charge on any atom is -0.457 e. The molecule has 0 radical (unpaired) electrons. The Morgan fingerprint density at radius 1 is 1.23 bits per heavy atom. The number of hydrogen-bond acceptors (Lipinski definition) is 5. The second-order valence-corrected chi connectivity index (χ2v) is 8.15. The van der Waals surface area contributed by atoms with Crippen LogP contribution in [0.25, 0.3) is 0 Å². The molecule has 2 atom stereocenters. The number of sulfone groups is 1. The zero-order chi connectivity index (χ0) is 16.5. The molecule has 1 saturated heterocycles. The quantitative estimate of drug-likeness (QED) is 0.777. The van der Waals surface area contributed by atoms with E-state index in [1.165, 1.54) is 6.26 Å². The fraction of sp³-hybridized carbons (Fsp3) is 0.562. The molecule has 1 aromatic rings. The van der Waals surface area contributed by atoms with Crippen LogP contribution >= 0.6 is 0 Å². The molecule has 1 aliphatic rings. The maximum Gasteiger partial charge on any atom is 0.336 e. The second kappa shape index (κ2) is 6.01. The summed E-state index contributed by atoms with van der Waals surface area (Å²) < 4.78 is 34.2. The van der Waals surface area contributed by atoms with E-state index < -0.39 is 21.5 Å². The summed E-state index contributed by atoms with van der Waals surface area (Å²) in [5, 5.41) is 0. The average molecular weight is 326 g/mol. The number of cyclic esters (lactones) is 1. The lowest BCUT2D eigenvalue weighted by molar-refractivity contribution is -0.153. The van der Waals surface area contributed by atoms with Crippen LogP contribution in [0.15, 0.2) is 29.2 Å². The van der Waals surface area contributed by atoms with E-state index in [9.17, 15) is 13.2 Å². The van der Waals surface area contributed by atoms with Crippen LogP contribution in [-0.4, -0.2) is 39.0 Å². The number of ether oxygens (including phenoxy) is 2. The molecule has 0 saturated carbocycles. The van der Waals surface area contributed by atoms with Gasteiger partial charge in [0, 0.05) is 12.9 Å². The summed E-state index contributed by atoms with van der Waals surface area (Å²) in [5.74, 6) is -0.629. The first-order valence-corrected chi connectivity index (χ1v) is 9.20. The van der Waals surface area contributed by atoms with E-state index in [2.05, 4.69) is 0 Å². The first-order chi connectivity index (χ1) is 10.2. The molecule has 5 nitrogen and oxygen atoms in total. The van der Waals surface area contributed by atoms with Crippen LogP contribution in [0.5, 0.6) is 0 Å². The van der Waals surface area contributed by atoms with Crippen molar-refractivity contribution in [3.63, 3.8) is 0 Å². The number of hydrogen-bond donors (Lipinski definition) is 0. The highest BCUT2D eigenvalue weighted by atomic mass is 32.2. The first-order valence-electron chi connectivity index (χ1n) is 7.31. The average Bonchev–Trinajstić information content (AvgIpc) is 2.64. The van der Waals surface area contributed by atoms with Crippen molar-refractivity contribution >= 4 is 15.8 Å². The first kappa shape index (κ1) is 17.0. The van der Waals surface area contributed by atoms with Crippen molar-refractivity contribution < 1.29 is 22.7 Å². The van der Waals surface area contributed by atoms with E-state index in [4.69, 9.17) is 9.47 Å². The summed E-state index contributed by atoms with van der Waals surface area (Å²) in [7, 11) is -3.24. The van der Waals surface area contributed by atoms with Crippen LogP contribution in [0.2, 0.25) is 0 Å². The fourth-order valence-electron chi connectivity index (χ4n) is 2.79. The third kappa shape index (κ3) is 3.33. The predicted octanol–water partition coefficient (Wildman–Crippen LogP) is 2.30. The maximum absolute atomic E-state index is 12.1. The van der Waals surface area contributed by atoms with E-state index in [0.29, 0.717) is 6.61 Å². The van der Waals surface area contributed by atoms with E-state index in [-0.39, 0.29) is 16.8 Å². The van der Waals surface area contributed by atoms with Gasteiger partial charge in [0.2, 0.25) is 0 Å². The molecule has 2 unspecified atom stereocenters. The maximum atomic E-state index is 12.1. The minimum atomic E-state index is -3.24. The standard InChI is InChI=1S/C16H22O5S/c1-5-10-20-14-13(16(2,3)21-15(14)17)11-6-8-12(9-7-11)22(4,18)19/h6-9,13-14H,5,10H2,1-4H3. The zero-order valence-corrected chi connectivity index (χ0v) is 14.1. The molecule has 1 heterocycles. The van der Waals surface area contributed by atoms with E-state index in [0.717, 1.165) is 12.0 Å². The lowest BCUT2D eigenvalue weighted by Gasteiger charge is -2.27. The van der Waals surface area contributed by atoms with Crippen LogP contribution in [0.1, 0.15) is 38.7 Å². The van der Waals surface area contributed by atoms with Gasteiger partial charge in [0.15, 0.2) is 15.9 Å². The molecular weight excluding hydrogens is 304 g/mol. The molecule has 0 spiro atoms. The molecule has 0 N–H and O–H groups in total. The number of benzene rings is 1. The summed E-state index contributed by atoms with van der Waals surface area (Å²) in [6.45, 7) is 6.14. The largest absolute Gasteiger partial charge is 0.457 e.